The fraction of sp³-hybridized carbons (Fsp3) is 0.286. The summed E-state index contributed by atoms with van der Waals surface area (Å²) in [4.78, 5) is 25.0. The Labute approximate surface area is 126 Å². The van der Waals surface area contributed by atoms with Crippen LogP contribution in [0.25, 0.3) is 5.70 Å². The van der Waals surface area contributed by atoms with E-state index in [0.29, 0.717) is 17.8 Å². The Morgan fingerprint density at radius 3 is 2.76 bits per heavy atom. The smallest absolute Gasteiger partial charge is 0.228 e. The Morgan fingerprint density at radius 1 is 1.33 bits per heavy atom. The highest BCUT2D eigenvalue weighted by Crippen LogP contribution is 2.38. The first kappa shape index (κ1) is 14.3. The van der Waals surface area contributed by atoms with Gasteiger partial charge in [-0.3, -0.25) is 9.59 Å². The molecule has 1 aromatic carbocycles. The van der Waals surface area contributed by atoms with Gasteiger partial charge in [0.25, 0.3) is 0 Å². The third-order valence-corrected chi connectivity index (χ3v) is 5.93. The predicted octanol–water partition coefficient (Wildman–Crippen LogP) is 1.65. The van der Waals surface area contributed by atoms with Gasteiger partial charge in [-0.1, -0.05) is 30.0 Å². The van der Waals surface area contributed by atoms with E-state index in [2.05, 4.69) is 0 Å². The molecule has 7 heteroatoms. The lowest BCUT2D eigenvalue weighted by Gasteiger charge is -2.18. The van der Waals surface area contributed by atoms with Gasteiger partial charge in [-0.15, -0.1) is 0 Å². The number of amides is 1. The zero-order chi connectivity index (χ0) is 15.2. The van der Waals surface area contributed by atoms with Crippen molar-refractivity contribution in [2.45, 2.75) is 23.5 Å². The summed E-state index contributed by atoms with van der Waals surface area (Å²) < 4.78 is 24.2. The summed E-state index contributed by atoms with van der Waals surface area (Å²) in [7, 11) is -3.49. The molecule has 0 N–H and O–H groups in total. The first-order valence-electron chi connectivity index (χ1n) is 6.42. The standard InChI is InChI=1S/C14H13NO4S2/c1-9(16)20-10-6-14(17)15(7-10)12-8-21(18,19)13-5-3-2-4-11(12)13/h2-5,8,10H,6-7H2,1H3. The normalized spacial score (nSPS) is 23.1. The van der Waals surface area contributed by atoms with E-state index in [0.717, 1.165) is 17.2 Å². The maximum absolute atomic E-state index is 12.1. The van der Waals surface area contributed by atoms with Gasteiger partial charge in [0, 0.05) is 30.7 Å². The average molecular weight is 323 g/mol. The quantitative estimate of drug-likeness (QED) is 0.827. The van der Waals surface area contributed by atoms with Crippen LogP contribution in [-0.2, 0) is 19.4 Å². The molecule has 0 saturated carbocycles. The first-order chi connectivity index (χ1) is 9.88. The molecule has 2 heterocycles. The second-order valence-electron chi connectivity index (χ2n) is 4.98. The number of benzene rings is 1. The molecule has 1 saturated heterocycles. The van der Waals surface area contributed by atoms with E-state index >= 15 is 0 Å². The minimum Gasteiger partial charge on any atom is -0.310 e. The van der Waals surface area contributed by atoms with Crippen molar-refractivity contribution in [3.8, 4) is 0 Å². The van der Waals surface area contributed by atoms with Crippen molar-refractivity contribution in [3.05, 3.63) is 35.2 Å². The van der Waals surface area contributed by atoms with Gasteiger partial charge in [0.1, 0.15) is 0 Å². The zero-order valence-electron chi connectivity index (χ0n) is 11.3. The Balaban J connectivity index is 1.96. The molecule has 0 spiro atoms. The van der Waals surface area contributed by atoms with Crippen LogP contribution in [0.5, 0.6) is 0 Å². The second-order valence-corrected chi connectivity index (χ2v) is 8.23. The highest BCUT2D eigenvalue weighted by Gasteiger charge is 2.38. The summed E-state index contributed by atoms with van der Waals surface area (Å²) in [6.45, 7) is 1.82. The number of carbonyl (C=O) groups excluding carboxylic acids is 2. The van der Waals surface area contributed by atoms with Crippen LogP contribution >= 0.6 is 11.8 Å². The van der Waals surface area contributed by atoms with Gasteiger partial charge in [-0.25, -0.2) is 8.42 Å². The Kier molecular flexibility index (Phi) is 3.41. The van der Waals surface area contributed by atoms with E-state index < -0.39 is 9.84 Å². The van der Waals surface area contributed by atoms with Crippen molar-refractivity contribution < 1.29 is 18.0 Å². The third kappa shape index (κ3) is 2.51. The summed E-state index contributed by atoms with van der Waals surface area (Å²) in [5.41, 5.74) is 0.974. The lowest BCUT2D eigenvalue weighted by atomic mass is 10.1. The number of hydrogen-bond acceptors (Lipinski definition) is 5. The van der Waals surface area contributed by atoms with Crippen LogP contribution in [0.3, 0.4) is 0 Å². The summed E-state index contributed by atoms with van der Waals surface area (Å²) in [6, 6.07) is 6.64. The minimum atomic E-state index is -3.49. The second kappa shape index (κ2) is 4.99. The molecular formula is C14H13NO4S2. The average Bonchev–Trinajstić information content (AvgIpc) is 2.88. The van der Waals surface area contributed by atoms with E-state index in [-0.39, 0.29) is 27.6 Å². The molecule has 1 fully saturated rings. The number of nitrogens with zero attached hydrogens (tertiary/aromatic N) is 1. The number of fused-ring (bicyclic) bond motifs is 1. The van der Waals surface area contributed by atoms with Gasteiger partial charge in [0.15, 0.2) is 5.12 Å². The van der Waals surface area contributed by atoms with Gasteiger partial charge in [0.05, 0.1) is 16.0 Å². The molecule has 1 amide bonds. The lowest BCUT2D eigenvalue weighted by Crippen LogP contribution is -2.23. The number of rotatable bonds is 2. The van der Waals surface area contributed by atoms with Crippen molar-refractivity contribution >= 4 is 38.3 Å². The Bertz CT molecular complexity index is 767. The molecule has 2 aliphatic heterocycles. The molecule has 0 aliphatic carbocycles. The number of sulfone groups is 1. The number of hydrogen-bond donors (Lipinski definition) is 0. The summed E-state index contributed by atoms with van der Waals surface area (Å²) >= 11 is 1.13. The van der Waals surface area contributed by atoms with E-state index in [1.807, 2.05) is 0 Å². The SMILES string of the molecule is CC(=O)SC1CC(=O)N(C2=CS(=O)(=O)c3ccccc32)C1. The molecule has 2 aliphatic rings. The fourth-order valence-electron chi connectivity index (χ4n) is 2.63. The van der Waals surface area contributed by atoms with Crippen LogP contribution in [0.4, 0.5) is 0 Å². The molecule has 3 rings (SSSR count). The third-order valence-electron chi connectivity index (χ3n) is 3.45. The molecule has 1 atom stereocenters. The highest BCUT2D eigenvalue weighted by molar-refractivity contribution is 8.14. The van der Waals surface area contributed by atoms with Crippen molar-refractivity contribution in [1.29, 1.82) is 0 Å². The van der Waals surface area contributed by atoms with E-state index in [1.54, 1.807) is 18.2 Å². The Hall–Kier alpha value is -1.60. The predicted molar refractivity (Wildman–Crippen MR) is 80.0 cm³/mol. The summed E-state index contributed by atoms with van der Waals surface area (Å²) in [5.74, 6) is -0.146. The molecule has 0 radical (unpaired) electrons. The van der Waals surface area contributed by atoms with Gasteiger partial charge < -0.3 is 4.90 Å². The van der Waals surface area contributed by atoms with E-state index in [9.17, 15) is 18.0 Å². The van der Waals surface area contributed by atoms with Gasteiger partial charge >= 0.3 is 0 Å². The van der Waals surface area contributed by atoms with E-state index in [1.165, 1.54) is 17.9 Å². The molecule has 110 valence electrons. The molecule has 0 aromatic heterocycles. The fourth-order valence-corrected chi connectivity index (χ4v) is 4.97. The van der Waals surface area contributed by atoms with Gasteiger partial charge in [-0.05, 0) is 6.07 Å². The number of thioether (sulfide) groups is 1. The van der Waals surface area contributed by atoms with Crippen LogP contribution in [0.1, 0.15) is 18.9 Å². The maximum atomic E-state index is 12.1. The zero-order valence-corrected chi connectivity index (χ0v) is 12.9. The number of likely N-dealkylation sites (tertiary alicyclic amines) is 1. The van der Waals surface area contributed by atoms with Crippen molar-refractivity contribution in [3.63, 3.8) is 0 Å². The monoisotopic (exact) mass is 323 g/mol. The van der Waals surface area contributed by atoms with Crippen molar-refractivity contribution in [1.82, 2.24) is 4.90 Å². The highest BCUT2D eigenvalue weighted by atomic mass is 32.2. The molecular weight excluding hydrogens is 310 g/mol. The lowest BCUT2D eigenvalue weighted by molar-refractivity contribution is -0.124. The molecule has 21 heavy (non-hydrogen) atoms. The minimum absolute atomic E-state index is 0.0388. The number of carbonyl (C=O) groups is 2. The van der Waals surface area contributed by atoms with E-state index in [4.69, 9.17) is 0 Å². The van der Waals surface area contributed by atoms with Crippen molar-refractivity contribution in [2.24, 2.45) is 0 Å². The molecule has 0 bridgehead atoms. The first-order valence-corrected chi connectivity index (χ1v) is 8.85. The topological polar surface area (TPSA) is 71.5 Å². The van der Waals surface area contributed by atoms with Crippen LogP contribution in [0.2, 0.25) is 0 Å². The summed E-state index contributed by atoms with van der Waals surface area (Å²) in [5, 5.41) is 0.991. The van der Waals surface area contributed by atoms with Crippen LogP contribution in [0.15, 0.2) is 34.6 Å². The molecule has 1 aromatic rings. The summed E-state index contributed by atoms with van der Waals surface area (Å²) in [6.07, 6.45) is 0.254. The van der Waals surface area contributed by atoms with Crippen LogP contribution in [0, 0.1) is 0 Å². The maximum Gasteiger partial charge on any atom is 0.228 e. The molecule has 1 unspecified atom stereocenters. The Morgan fingerprint density at radius 2 is 2.05 bits per heavy atom. The van der Waals surface area contributed by atoms with Gasteiger partial charge in [-0.2, -0.15) is 0 Å². The van der Waals surface area contributed by atoms with Crippen LogP contribution < -0.4 is 0 Å². The largest absolute Gasteiger partial charge is 0.310 e. The molecule has 5 nitrogen and oxygen atoms in total. The van der Waals surface area contributed by atoms with Crippen LogP contribution in [-0.4, -0.2) is 36.1 Å². The van der Waals surface area contributed by atoms with Crippen molar-refractivity contribution in [2.75, 3.05) is 6.54 Å². The van der Waals surface area contributed by atoms with Gasteiger partial charge in [0.2, 0.25) is 15.7 Å².